The first kappa shape index (κ1) is 14.9. The molecule has 3 N–H and O–H groups in total. The van der Waals surface area contributed by atoms with E-state index >= 15 is 0 Å². The van der Waals surface area contributed by atoms with Crippen molar-refractivity contribution in [3.63, 3.8) is 0 Å². The molecule has 3 aromatic rings. The molecule has 1 aromatic heterocycles. The third-order valence-corrected chi connectivity index (χ3v) is 4.43. The second kappa shape index (κ2) is 5.78. The first-order valence-corrected chi connectivity index (χ1v) is 7.86. The molecule has 0 bridgehead atoms. The molecular formula is C19H18N2O3. The number of hydrogen-bond donors (Lipinski definition) is 2. The van der Waals surface area contributed by atoms with Crippen molar-refractivity contribution < 1.29 is 14.3 Å². The van der Waals surface area contributed by atoms with E-state index in [0.717, 1.165) is 27.7 Å². The number of H-pyrrole nitrogens is 1. The number of ketones is 1. The molecule has 0 saturated heterocycles. The Bertz CT molecular complexity index is 943. The fourth-order valence-corrected chi connectivity index (χ4v) is 3.32. The molecule has 0 fully saturated rings. The predicted octanol–water partition coefficient (Wildman–Crippen LogP) is 3.12. The van der Waals surface area contributed by atoms with Crippen LogP contribution in [0.2, 0.25) is 0 Å². The summed E-state index contributed by atoms with van der Waals surface area (Å²) in [5.41, 5.74) is 10.7. The summed E-state index contributed by atoms with van der Waals surface area (Å²) in [6, 6.07) is 11.3. The van der Waals surface area contributed by atoms with Crippen LogP contribution >= 0.6 is 0 Å². The minimum absolute atomic E-state index is 0.0212. The number of aromatic amines is 1. The lowest BCUT2D eigenvalue weighted by atomic mass is 9.86. The van der Waals surface area contributed by atoms with Gasteiger partial charge in [0.25, 0.3) is 0 Å². The van der Waals surface area contributed by atoms with Gasteiger partial charge in [0, 0.05) is 40.4 Å². The molecule has 1 aliphatic carbocycles. The van der Waals surface area contributed by atoms with Gasteiger partial charge in [-0.25, -0.2) is 0 Å². The van der Waals surface area contributed by atoms with E-state index in [1.807, 2.05) is 30.3 Å². The number of anilines is 1. The third kappa shape index (κ3) is 2.13. The summed E-state index contributed by atoms with van der Waals surface area (Å²) in [6.07, 6.45) is 0. The number of methoxy groups -OCH3 is 1. The number of rotatable bonds is 5. The summed E-state index contributed by atoms with van der Waals surface area (Å²) in [5.74, 6) is -0.0212. The van der Waals surface area contributed by atoms with Crippen molar-refractivity contribution in [2.75, 3.05) is 26.1 Å². The van der Waals surface area contributed by atoms with Crippen LogP contribution in [0.5, 0.6) is 0 Å². The normalized spacial score (nSPS) is 12.6. The first-order chi connectivity index (χ1) is 11.7. The molecule has 0 amide bonds. The number of ether oxygens (including phenoxy) is 2. The highest BCUT2D eigenvalue weighted by Gasteiger charge is 2.29. The molecule has 0 saturated carbocycles. The van der Waals surface area contributed by atoms with Gasteiger partial charge in [-0.1, -0.05) is 30.3 Å². The lowest BCUT2D eigenvalue weighted by Crippen LogP contribution is -2.11. The molecule has 1 heterocycles. The number of nitrogen functional groups attached to an aromatic ring is 1. The Kier molecular flexibility index (Phi) is 3.59. The van der Waals surface area contributed by atoms with E-state index in [-0.39, 0.29) is 5.78 Å². The second-order valence-corrected chi connectivity index (χ2v) is 5.85. The number of nitrogens with two attached hydrogens (primary N) is 1. The van der Waals surface area contributed by atoms with Crippen molar-refractivity contribution in [3.05, 3.63) is 53.2 Å². The van der Waals surface area contributed by atoms with Crippen LogP contribution in [-0.2, 0) is 16.1 Å². The fourth-order valence-electron chi connectivity index (χ4n) is 3.32. The number of hydrogen-bond acceptors (Lipinski definition) is 4. The maximum absolute atomic E-state index is 12.9. The number of aromatic nitrogens is 1. The van der Waals surface area contributed by atoms with E-state index in [0.29, 0.717) is 36.6 Å². The van der Waals surface area contributed by atoms with Crippen molar-refractivity contribution in [2.24, 2.45) is 0 Å². The zero-order valence-electron chi connectivity index (χ0n) is 13.4. The minimum atomic E-state index is -0.0212. The topological polar surface area (TPSA) is 77.3 Å². The fraction of sp³-hybridized carbons (Fsp3) is 0.211. The third-order valence-electron chi connectivity index (χ3n) is 4.43. The van der Waals surface area contributed by atoms with E-state index in [1.54, 1.807) is 13.2 Å². The second-order valence-electron chi connectivity index (χ2n) is 5.85. The molecule has 2 aromatic carbocycles. The molecule has 0 aliphatic heterocycles. The number of benzene rings is 2. The van der Waals surface area contributed by atoms with Crippen LogP contribution in [0.1, 0.15) is 21.6 Å². The highest BCUT2D eigenvalue weighted by molar-refractivity contribution is 6.28. The van der Waals surface area contributed by atoms with Crippen molar-refractivity contribution >= 4 is 22.2 Å². The van der Waals surface area contributed by atoms with Crippen molar-refractivity contribution in [1.82, 2.24) is 4.98 Å². The van der Waals surface area contributed by atoms with Gasteiger partial charge in [-0.3, -0.25) is 4.79 Å². The van der Waals surface area contributed by atoms with Crippen LogP contribution in [0.25, 0.3) is 22.0 Å². The highest BCUT2D eigenvalue weighted by atomic mass is 16.5. The smallest absolute Gasteiger partial charge is 0.196 e. The van der Waals surface area contributed by atoms with Crippen LogP contribution in [0.3, 0.4) is 0 Å². The number of fused-ring (bicyclic) bond motifs is 2. The van der Waals surface area contributed by atoms with Gasteiger partial charge in [-0.2, -0.15) is 0 Å². The van der Waals surface area contributed by atoms with E-state index in [1.165, 1.54) is 0 Å². The summed E-state index contributed by atoms with van der Waals surface area (Å²) in [4.78, 5) is 16.3. The van der Waals surface area contributed by atoms with E-state index < -0.39 is 0 Å². The minimum Gasteiger partial charge on any atom is -0.398 e. The average Bonchev–Trinajstić information content (AvgIpc) is 2.97. The van der Waals surface area contributed by atoms with Crippen LogP contribution < -0.4 is 5.73 Å². The quantitative estimate of drug-likeness (QED) is 0.437. The van der Waals surface area contributed by atoms with Crippen molar-refractivity contribution in [2.45, 2.75) is 6.61 Å². The van der Waals surface area contributed by atoms with Crippen LogP contribution in [-0.4, -0.2) is 31.1 Å². The molecule has 5 heteroatoms. The summed E-state index contributed by atoms with van der Waals surface area (Å²) >= 11 is 0. The molecular weight excluding hydrogens is 304 g/mol. The Morgan fingerprint density at radius 1 is 1.08 bits per heavy atom. The molecule has 0 atom stereocenters. The van der Waals surface area contributed by atoms with E-state index in [4.69, 9.17) is 15.2 Å². The summed E-state index contributed by atoms with van der Waals surface area (Å²) in [6.45, 7) is 1.49. The van der Waals surface area contributed by atoms with Gasteiger partial charge < -0.3 is 20.2 Å². The SMILES string of the molecule is COCCOCc1[nH]c2c3c(c(N)ccc13)C(=O)c1ccccc1-2. The predicted molar refractivity (Wildman–Crippen MR) is 93.1 cm³/mol. The summed E-state index contributed by atoms with van der Waals surface area (Å²) in [7, 11) is 1.64. The van der Waals surface area contributed by atoms with Gasteiger partial charge in [0.15, 0.2) is 5.78 Å². The molecule has 0 radical (unpaired) electrons. The average molecular weight is 322 g/mol. The van der Waals surface area contributed by atoms with E-state index in [2.05, 4.69) is 4.98 Å². The van der Waals surface area contributed by atoms with Gasteiger partial charge >= 0.3 is 0 Å². The molecule has 122 valence electrons. The standard InChI is InChI=1S/C19H18N2O3/c1-23-8-9-24-10-15-13-6-7-14(20)17-16(13)18(21-15)11-4-2-3-5-12(11)19(17)22/h2-7,21H,8-10,20H2,1H3. The highest BCUT2D eigenvalue weighted by Crippen LogP contribution is 2.42. The number of carbonyl (C=O) groups excluding carboxylic acids is 1. The Hall–Kier alpha value is -2.63. The molecule has 5 nitrogen and oxygen atoms in total. The largest absolute Gasteiger partial charge is 0.398 e. The lowest BCUT2D eigenvalue weighted by molar-refractivity contribution is 0.0609. The zero-order chi connectivity index (χ0) is 16.7. The maximum Gasteiger partial charge on any atom is 0.196 e. The van der Waals surface area contributed by atoms with Crippen LogP contribution in [0.15, 0.2) is 36.4 Å². The lowest BCUT2D eigenvalue weighted by Gasteiger charge is -2.17. The van der Waals surface area contributed by atoms with Crippen molar-refractivity contribution in [1.29, 1.82) is 0 Å². The molecule has 24 heavy (non-hydrogen) atoms. The van der Waals surface area contributed by atoms with Gasteiger partial charge in [0.1, 0.15) is 0 Å². The van der Waals surface area contributed by atoms with Crippen LogP contribution in [0.4, 0.5) is 5.69 Å². The number of carbonyl (C=O) groups is 1. The van der Waals surface area contributed by atoms with Crippen molar-refractivity contribution in [3.8, 4) is 11.3 Å². The molecule has 0 unspecified atom stereocenters. The van der Waals surface area contributed by atoms with Gasteiger partial charge in [0.2, 0.25) is 0 Å². The first-order valence-electron chi connectivity index (χ1n) is 7.86. The van der Waals surface area contributed by atoms with Crippen LogP contribution in [0, 0.1) is 0 Å². The zero-order valence-corrected chi connectivity index (χ0v) is 13.4. The van der Waals surface area contributed by atoms with E-state index in [9.17, 15) is 4.79 Å². The van der Waals surface area contributed by atoms with Gasteiger partial charge in [-0.15, -0.1) is 0 Å². The summed E-state index contributed by atoms with van der Waals surface area (Å²) in [5, 5.41) is 1.87. The Morgan fingerprint density at radius 3 is 2.67 bits per heavy atom. The molecule has 1 aliphatic rings. The monoisotopic (exact) mass is 322 g/mol. The number of nitrogens with one attached hydrogen (secondary N) is 1. The molecule has 4 rings (SSSR count). The summed E-state index contributed by atoms with van der Waals surface area (Å²) < 4.78 is 10.7. The van der Waals surface area contributed by atoms with Gasteiger partial charge in [-0.05, 0) is 6.07 Å². The Balaban J connectivity index is 1.89. The van der Waals surface area contributed by atoms with Gasteiger partial charge in [0.05, 0.1) is 31.1 Å². The molecule has 0 spiro atoms. The Labute approximate surface area is 139 Å². The Morgan fingerprint density at radius 2 is 1.88 bits per heavy atom. The maximum atomic E-state index is 12.9.